The van der Waals surface area contributed by atoms with Crippen molar-refractivity contribution in [2.24, 2.45) is 0 Å². The Hall–Kier alpha value is -3.61. The van der Waals surface area contributed by atoms with Crippen molar-refractivity contribution < 1.29 is 14.3 Å². The molecule has 4 rings (SSSR count). The summed E-state index contributed by atoms with van der Waals surface area (Å²) in [6.07, 6.45) is 3.94. The van der Waals surface area contributed by atoms with Gasteiger partial charge >= 0.3 is 0 Å². The number of fused-ring (bicyclic) bond motifs is 1. The predicted molar refractivity (Wildman–Crippen MR) is 105 cm³/mol. The maximum absolute atomic E-state index is 12.3. The summed E-state index contributed by atoms with van der Waals surface area (Å²) < 4.78 is 10.6. The van der Waals surface area contributed by atoms with Crippen molar-refractivity contribution in [1.29, 1.82) is 0 Å². The second-order valence-corrected chi connectivity index (χ2v) is 6.29. The number of para-hydroxylation sites is 1. The summed E-state index contributed by atoms with van der Waals surface area (Å²) in [5.41, 5.74) is 3.35. The number of aromatic nitrogens is 2. The number of rotatable bonds is 6. The molecule has 2 heterocycles. The highest BCUT2D eigenvalue weighted by Crippen LogP contribution is 2.32. The Morgan fingerprint density at radius 3 is 2.75 bits per heavy atom. The molecule has 0 bridgehead atoms. The molecule has 2 aromatic carbocycles. The van der Waals surface area contributed by atoms with Crippen LogP contribution < -0.4 is 20.1 Å². The maximum Gasteiger partial charge on any atom is 0.271 e. The number of carbonyl (C=O) groups is 1. The van der Waals surface area contributed by atoms with Gasteiger partial charge in [0.05, 0.1) is 12.4 Å². The average molecular weight is 376 g/mol. The number of benzene rings is 2. The minimum absolute atomic E-state index is 0.226. The minimum Gasteiger partial charge on any atom is -0.454 e. The van der Waals surface area contributed by atoms with Crippen LogP contribution in [0.15, 0.2) is 54.9 Å². The fourth-order valence-electron chi connectivity index (χ4n) is 2.92. The minimum atomic E-state index is -0.286. The van der Waals surface area contributed by atoms with Crippen LogP contribution in [0, 0.1) is 0 Å². The molecule has 0 radical (unpaired) electrons. The Bertz CT molecular complexity index is 989. The van der Waals surface area contributed by atoms with E-state index in [9.17, 15) is 4.79 Å². The first-order valence-corrected chi connectivity index (χ1v) is 9.06. The van der Waals surface area contributed by atoms with Crippen molar-refractivity contribution in [2.75, 3.05) is 12.1 Å². The van der Waals surface area contributed by atoms with Crippen LogP contribution in [0.4, 0.5) is 11.5 Å². The third kappa shape index (κ3) is 3.88. The normalized spacial score (nSPS) is 11.9. The van der Waals surface area contributed by atoms with Crippen molar-refractivity contribution in [2.45, 2.75) is 19.9 Å². The topological polar surface area (TPSA) is 85.4 Å². The number of aryl methyl sites for hydroxylation is 1. The van der Waals surface area contributed by atoms with E-state index >= 15 is 0 Å². The molecule has 0 aliphatic carbocycles. The van der Waals surface area contributed by atoms with Crippen molar-refractivity contribution >= 4 is 17.4 Å². The average Bonchev–Trinajstić information content (AvgIpc) is 3.21. The summed E-state index contributed by atoms with van der Waals surface area (Å²) in [6.45, 7) is 2.69. The Balaban J connectivity index is 1.37. The first kappa shape index (κ1) is 17.8. The van der Waals surface area contributed by atoms with Gasteiger partial charge in [0, 0.05) is 12.2 Å². The smallest absolute Gasteiger partial charge is 0.271 e. The van der Waals surface area contributed by atoms with Crippen LogP contribution in [0.3, 0.4) is 0 Å². The molecule has 7 heteroatoms. The standard InChI is InChI=1S/C21H20N4O3/c1-2-15-5-3-4-6-16(15)25-20-12-22-17(11-23-20)21(26)24-10-14-7-8-18-19(9-14)28-13-27-18/h3-9,11-12H,2,10,13H2,1H3,(H,23,25)(H,24,26). The zero-order chi connectivity index (χ0) is 19.3. The van der Waals surface area contributed by atoms with Gasteiger partial charge in [-0.05, 0) is 35.7 Å². The Labute approximate surface area is 162 Å². The highest BCUT2D eigenvalue weighted by Gasteiger charge is 2.14. The number of nitrogens with one attached hydrogen (secondary N) is 2. The summed E-state index contributed by atoms with van der Waals surface area (Å²) in [5.74, 6) is 1.71. The van der Waals surface area contributed by atoms with Crippen molar-refractivity contribution in [3.05, 3.63) is 71.7 Å². The van der Waals surface area contributed by atoms with Crippen LogP contribution in [-0.2, 0) is 13.0 Å². The van der Waals surface area contributed by atoms with Gasteiger partial charge in [-0.2, -0.15) is 0 Å². The molecule has 7 nitrogen and oxygen atoms in total. The van der Waals surface area contributed by atoms with Gasteiger partial charge in [0.1, 0.15) is 11.5 Å². The molecule has 0 spiro atoms. The number of carbonyl (C=O) groups excluding carboxylic acids is 1. The second-order valence-electron chi connectivity index (χ2n) is 6.29. The van der Waals surface area contributed by atoms with Gasteiger partial charge in [0.25, 0.3) is 5.91 Å². The lowest BCUT2D eigenvalue weighted by atomic mass is 10.1. The summed E-state index contributed by atoms with van der Waals surface area (Å²) in [7, 11) is 0. The number of amides is 1. The van der Waals surface area contributed by atoms with E-state index in [4.69, 9.17) is 9.47 Å². The van der Waals surface area contributed by atoms with Gasteiger partial charge in [-0.1, -0.05) is 31.2 Å². The first-order chi connectivity index (χ1) is 13.7. The lowest BCUT2D eigenvalue weighted by molar-refractivity contribution is 0.0945. The van der Waals surface area contributed by atoms with Gasteiger partial charge < -0.3 is 20.1 Å². The summed E-state index contributed by atoms with van der Waals surface area (Å²) in [6, 6.07) is 13.6. The van der Waals surface area contributed by atoms with Gasteiger partial charge in [-0.3, -0.25) is 4.79 Å². The van der Waals surface area contributed by atoms with Crippen LogP contribution in [0.2, 0.25) is 0 Å². The van der Waals surface area contributed by atoms with E-state index in [-0.39, 0.29) is 18.4 Å². The summed E-state index contributed by atoms with van der Waals surface area (Å²) in [4.78, 5) is 20.9. The molecule has 0 fully saturated rings. The zero-order valence-corrected chi connectivity index (χ0v) is 15.4. The summed E-state index contributed by atoms with van der Waals surface area (Å²) in [5, 5.41) is 6.08. The van der Waals surface area contributed by atoms with E-state index < -0.39 is 0 Å². The lowest BCUT2D eigenvalue weighted by Gasteiger charge is -2.10. The molecular weight excluding hydrogens is 356 g/mol. The third-order valence-electron chi connectivity index (χ3n) is 4.44. The van der Waals surface area contributed by atoms with Crippen LogP contribution in [-0.4, -0.2) is 22.7 Å². The molecule has 0 saturated carbocycles. The van der Waals surface area contributed by atoms with E-state index in [2.05, 4.69) is 33.6 Å². The lowest BCUT2D eigenvalue weighted by Crippen LogP contribution is -2.24. The number of hydrogen-bond donors (Lipinski definition) is 2. The van der Waals surface area contributed by atoms with Crippen molar-refractivity contribution in [3.8, 4) is 11.5 Å². The summed E-state index contributed by atoms with van der Waals surface area (Å²) >= 11 is 0. The fourth-order valence-corrected chi connectivity index (χ4v) is 2.92. The monoisotopic (exact) mass is 376 g/mol. The molecule has 0 atom stereocenters. The van der Waals surface area contributed by atoms with Crippen molar-refractivity contribution in [3.63, 3.8) is 0 Å². The largest absolute Gasteiger partial charge is 0.454 e. The molecule has 28 heavy (non-hydrogen) atoms. The molecule has 1 aliphatic rings. The Morgan fingerprint density at radius 1 is 1.07 bits per heavy atom. The van der Waals surface area contributed by atoms with E-state index in [0.29, 0.717) is 23.9 Å². The quantitative estimate of drug-likeness (QED) is 0.685. The zero-order valence-electron chi connectivity index (χ0n) is 15.4. The molecule has 2 N–H and O–H groups in total. The van der Waals surface area contributed by atoms with E-state index in [1.54, 1.807) is 6.20 Å². The van der Waals surface area contributed by atoms with Crippen LogP contribution >= 0.6 is 0 Å². The molecule has 1 amide bonds. The predicted octanol–water partition coefficient (Wildman–Crippen LogP) is 3.44. The number of nitrogens with zero attached hydrogens (tertiary/aromatic N) is 2. The highest BCUT2D eigenvalue weighted by molar-refractivity contribution is 5.92. The molecule has 142 valence electrons. The van der Waals surface area contributed by atoms with Crippen LogP contribution in [0.5, 0.6) is 11.5 Å². The second kappa shape index (κ2) is 7.96. The van der Waals surface area contributed by atoms with Gasteiger partial charge in [0.15, 0.2) is 11.5 Å². The van der Waals surface area contributed by atoms with Gasteiger partial charge in [-0.15, -0.1) is 0 Å². The molecule has 3 aromatic rings. The van der Waals surface area contributed by atoms with E-state index in [0.717, 1.165) is 17.7 Å². The Kier molecular flexibility index (Phi) is 5.05. The number of anilines is 2. The number of hydrogen-bond acceptors (Lipinski definition) is 6. The van der Waals surface area contributed by atoms with Gasteiger partial charge in [-0.25, -0.2) is 9.97 Å². The van der Waals surface area contributed by atoms with Gasteiger partial charge in [0.2, 0.25) is 6.79 Å². The molecule has 1 aliphatic heterocycles. The molecule has 0 unspecified atom stereocenters. The third-order valence-corrected chi connectivity index (χ3v) is 4.44. The van der Waals surface area contributed by atoms with Crippen molar-refractivity contribution in [1.82, 2.24) is 15.3 Å². The fraction of sp³-hybridized carbons (Fsp3) is 0.190. The molecule has 1 aromatic heterocycles. The van der Waals surface area contributed by atoms with Crippen LogP contribution in [0.25, 0.3) is 0 Å². The Morgan fingerprint density at radius 2 is 1.93 bits per heavy atom. The molecular formula is C21H20N4O3. The SMILES string of the molecule is CCc1ccccc1Nc1cnc(C(=O)NCc2ccc3c(c2)OCO3)cn1. The first-order valence-electron chi connectivity index (χ1n) is 9.06. The number of ether oxygens (including phenoxy) is 2. The van der Waals surface area contributed by atoms with E-state index in [1.807, 2.05) is 36.4 Å². The molecule has 0 saturated heterocycles. The maximum atomic E-state index is 12.3. The van der Waals surface area contributed by atoms with Crippen LogP contribution in [0.1, 0.15) is 28.5 Å². The highest BCUT2D eigenvalue weighted by atomic mass is 16.7. The van der Waals surface area contributed by atoms with E-state index in [1.165, 1.54) is 11.8 Å².